The van der Waals surface area contributed by atoms with Crippen LogP contribution >= 0.6 is 0 Å². The minimum atomic E-state index is -4.76. The third kappa shape index (κ3) is 4.80. The number of amides is 2. The maximum Gasteiger partial charge on any atom is 0.416 e. The SMILES string of the molecule is CNc1ncc2cc(-c3ccc(F)c(NC(=O)Nc4cc(C(F)(F)F)ccc4F)c3)c(=O)n(C)c2n1. The van der Waals surface area contributed by atoms with Gasteiger partial charge in [0.05, 0.1) is 16.9 Å². The Hall–Kier alpha value is -4.55. The van der Waals surface area contributed by atoms with Crippen molar-refractivity contribution in [2.24, 2.45) is 7.05 Å². The summed E-state index contributed by atoms with van der Waals surface area (Å²) in [7, 11) is 3.12. The van der Waals surface area contributed by atoms with Crippen LogP contribution in [0.15, 0.2) is 53.5 Å². The number of carbonyl (C=O) groups is 1. The first-order chi connectivity index (χ1) is 17.0. The van der Waals surface area contributed by atoms with Crippen molar-refractivity contribution in [2.45, 2.75) is 6.18 Å². The Morgan fingerprint density at radius 1 is 0.972 bits per heavy atom. The number of benzene rings is 2. The standard InChI is InChI=1S/C23H17F5N6O2/c1-29-21-30-10-12-7-14(20(35)34(2)19(12)33-21)11-3-5-15(24)17(8-11)31-22(36)32-18-9-13(23(26,27)28)4-6-16(18)25/h3-10H,1-2H3,(H,29,30,33)(H2,31,32,36). The maximum atomic E-state index is 14.4. The minimum Gasteiger partial charge on any atom is -0.357 e. The summed E-state index contributed by atoms with van der Waals surface area (Å²) >= 11 is 0. The third-order valence-electron chi connectivity index (χ3n) is 5.24. The zero-order valence-corrected chi connectivity index (χ0v) is 18.7. The second-order valence-corrected chi connectivity index (χ2v) is 7.61. The summed E-state index contributed by atoms with van der Waals surface area (Å²) in [5.41, 5.74) is -2.03. The number of carbonyl (C=O) groups excluding carboxylic acids is 1. The van der Waals surface area contributed by atoms with Gasteiger partial charge in [-0.2, -0.15) is 18.2 Å². The van der Waals surface area contributed by atoms with Crippen LogP contribution in [0.3, 0.4) is 0 Å². The largest absolute Gasteiger partial charge is 0.416 e. The van der Waals surface area contributed by atoms with Crippen molar-refractivity contribution in [1.29, 1.82) is 0 Å². The van der Waals surface area contributed by atoms with Gasteiger partial charge in [-0.1, -0.05) is 6.07 Å². The van der Waals surface area contributed by atoms with Gasteiger partial charge in [-0.15, -0.1) is 0 Å². The molecule has 8 nitrogen and oxygen atoms in total. The van der Waals surface area contributed by atoms with Crippen LogP contribution in [0.25, 0.3) is 22.2 Å². The Balaban J connectivity index is 1.65. The summed E-state index contributed by atoms with van der Waals surface area (Å²) < 4.78 is 68.4. The van der Waals surface area contributed by atoms with Crippen molar-refractivity contribution in [3.05, 3.63) is 76.2 Å². The first kappa shape index (κ1) is 24.6. The fourth-order valence-electron chi connectivity index (χ4n) is 3.44. The van der Waals surface area contributed by atoms with Gasteiger partial charge in [-0.05, 0) is 42.0 Å². The molecule has 2 heterocycles. The van der Waals surface area contributed by atoms with Gasteiger partial charge in [0.15, 0.2) is 0 Å². The number of rotatable bonds is 4. The van der Waals surface area contributed by atoms with Gasteiger partial charge in [-0.3, -0.25) is 9.36 Å². The molecular formula is C23H17F5N6O2. The summed E-state index contributed by atoms with van der Waals surface area (Å²) in [5, 5.41) is 7.35. The van der Waals surface area contributed by atoms with Crippen LogP contribution in [0.1, 0.15) is 5.56 Å². The fraction of sp³-hybridized carbons (Fsp3) is 0.130. The monoisotopic (exact) mass is 504 g/mol. The highest BCUT2D eigenvalue weighted by molar-refractivity contribution is 6.00. The zero-order valence-electron chi connectivity index (χ0n) is 18.7. The fourth-order valence-corrected chi connectivity index (χ4v) is 3.44. The van der Waals surface area contributed by atoms with E-state index in [0.29, 0.717) is 35.2 Å². The average molecular weight is 504 g/mol. The topological polar surface area (TPSA) is 101 Å². The molecule has 2 aromatic carbocycles. The van der Waals surface area contributed by atoms with Gasteiger partial charge in [0, 0.05) is 31.2 Å². The molecule has 0 radical (unpaired) electrons. The van der Waals surface area contributed by atoms with Crippen molar-refractivity contribution in [2.75, 3.05) is 23.0 Å². The van der Waals surface area contributed by atoms with Gasteiger partial charge in [-0.25, -0.2) is 18.6 Å². The number of aromatic nitrogens is 3. The predicted molar refractivity (Wildman–Crippen MR) is 124 cm³/mol. The Kier molecular flexibility index (Phi) is 6.31. The van der Waals surface area contributed by atoms with Crippen LogP contribution in [0.5, 0.6) is 0 Å². The molecule has 0 unspecified atom stereocenters. The van der Waals surface area contributed by atoms with Crippen molar-refractivity contribution < 1.29 is 26.7 Å². The van der Waals surface area contributed by atoms with Crippen LogP contribution in [-0.4, -0.2) is 27.6 Å². The number of hydrogen-bond acceptors (Lipinski definition) is 5. The molecule has 4 aromatic rings. The summed E-state index contributed by atoms with van der Waals surface area (Å²) in [6.45, 7) is 0. The third-order valence-corrected chi connectivity index (χ3v) is 5.24. The smallest absolute Gasteiger partial charge is 0.357 e. The van der Waals surface area contributed by atoms with E-state index in [4.69, 9.17) is 0 Å². The number of hydrogen-bond donors (Lipinski definition) is 3. The lowest BCUT2D eigenvalue weighted by Crippen LogP contribution is -2.22. The summed E-state index contributed by atoms with van der Waals surface area (Å²) in [6.07, 6.45) is -3.26. The molecule has 0 fully saturated rings. The molecular weight excluding hydrogens is 487 g/mol. The first-order valence-electron chi connectivity index (χ1n) is 10.3. The normalized spacial score (nSPS) is 11.4. The van der Waals surface area contributed by atoms with Crippen LogP contribution in [0, 0.1) is 11.6 Å². The Bertz CT molecular complexity index is 1550. The second-order valence-electron chi connectivity index (χ2n) is 7.61. The van der Waals surface area contributed by atoms with Crippen LogP contribution in [0.4, 0.5) is 44.1 Å². The lowest BCUT2D eigenvalue weighted by molar-refractivity contribution is -0.137. The molecule has 0 saturated heterocycles. The van der Waals surface area contributed by atoms with Crippen molar-refractivity contribution >= 4 is 34.4 Å². The number of nitrogens with one attached hydrogen (secondary N) is 3. The van der Waals surface area contributed by atoms with Gasteiger partial charge >= 0.3 is 12.2 Å². The molecule has 36 heavy (non-hydrogen) atoms. The lowest BCUT2D eigenvalue weighted by Gasteiger charge is -2.13. The molecule has 0 saturated carbocycles. The minimum absolute atomic E-state index is 0.151. The molecule has 2 amide bonds. The second kappa shape index (κ2) is 9.24. The molecule has 0 aliphatic carbocycles. The molecule has 3 N–H and O–H groups in total. The van der Waals surface area contributed by atoms with Gasteiger partial charge in [0.2, 0.25) is 5.95 Å². The van der Waals surface area contributed by atoms with Crippen molar-refractivity contribution in [3.8, 4) is 11.1 Å². The quantitative estimate of drug-likeness (QED) is 0.341. The first-order valence-corrected chi connectivity index (χ1v) is 10.3. The molecule has 4 rings (SSSR count). The lowest BCUT2D eigenvalue weighted by atomic mass is 10.1. The highest BCUT2D eigenvalue weighted by Gasteiger charge is 2.31. The average Bonchev–Trinajstić information content (AvgIpc) is 2.83. The molecule has 0 atom stereocenters. The number of aryl methyl sites for hydroxylation is 1. The van der Waals surface area contributed by atoms with E-state index in [1.54, 1.807) is 7.05 Å². The van der Waals surface area contributed by atoms with Gasteiger partial charge in [0.25, 0.3) is 5.56 Å². The van der Waals surface area contributed by atoms with E-state index in [-0.39, 0.29) is 16.8 Å². The van der Waals surface area contributed by atoms with Crippen LogP contribution in [-0.2, 0) is 13.2 Å². The van der Waals surface area contributed by atoms with Crippen LogP contribution in [0.2, 0.25) is 0 Å². The molecule has 0 aliphatic rings. The van der Waals surface area contributed by atoms with Gasteiger partial charge < -0.3 is 16.0 Å². The van der Waals surface area contributed by atoms with E-state index in [1.807, 2.05) is 5.32 Å². The Labute approximate surface area is 199 Å². The van der Waals surface area contributed by atoms with Crippen molar-refractivity contribution in [3.63, 3.8) is 0 Å². The highest BCUT2D eigenvalue weighted by atomic mass is 19.4. The summed E-state index contributed by atoms with van der Waals surface area (Å²) in [5.74, 6) is -1.70. The predicted octanol–water partition coefficient (Wildman–Crippen LogP) is 4.98. The van der Waals surface area contributed by atoms with E-state index >= 15 is 0 Å². The number of halogens is 5. The Morgan fingerprint density at radius 3 is 2.25 bits per heavy atom. The van der Waals surface area contributed by atoms with E-state index in [2.05, 4.69) is 20.6 Å². The van der Waals surface area contributed by atoms with Gasteiger partial charge in [0.1, 0.15) is 17.3 Å². The number of anilines is 3. The van der Waals surface area contributed by atoms with E-state index in [1.165, 1.54) is 36.0 Å². The van der Waals surface area contributed by atoms with E-state index in [0.717, 1.165) is 6.07 Å². The zero-order chi connectivity index (χ0) is 26.2. The number of fused-ring (bicyclic) bond motifs is 1. The van der Waals surface area contributed by atoms with Crippen LogP contribution < -0.4 is 21.5 Å². The number of alkyl halides is 3. The highest BCUT2D eigenvalue weighted by Crippen LogP contribution is 2.32. The number of urea groups is 1. The molecule has 186 valence electrons. The Morgan fingerprint density at radius 2 is 1.61 bits per heavy atom. The van der Waals surface area contributed by atoms with E-state index < -0.39 is 40.7 Å². The molecule has 13 heteroatoms. The summed E-state index contributed by atoms with van der Waals surface area (Å²) in [4.78, 5) is 33.6. The summed E-state index contributed by atoms with van der Waals surface area (Å²) in [6, 6.07) is 5.30. The molecule has 2 aromatic heterocycles. The molecule has 0 spiro atoms. The number of pyridine rings is 1. The molecule has 0 aliphatic heterocycles. The number of nitrogens with zero attached hydrogens (tertiary/aromatic N) is 3. The molecule has 0 bridgehead atoms. The van der Waals surface area contributed by atoms with Crippen molar-refractivity contribution in [1.82, 2.24) is 14.5 Å². The maximum absolute atomic E-state index is 14.4. The van der Waals surface area contributed by atoms with E-state index in [9.17, 15) is 31.5 Å².